The average molecular weight is 377 g/mol. The number of aryl methyl sites for hydroxylation is 1. The number of nitrogens with one attached hydrogen (secondary N) is 2. The molecule has 1 aromatic heterocycles. The van der Waals surface area contributed by atoms with Crippen molar-refractivity contribution >= 4 is 5.96 Å². The van der Waals surface area contributed by atoms with Gasteiger partial charge in [0.2, 0.25) is 0 Å². The van der Waals surface area contributed by atoms with E-state index in [9.17, 15) is 5.11 Å². The molecule has 1 fully saturated rings. The highest BCUT2D eigenvalue weighted by atomic mass is 16.3. The second kappa shape index (κ2) is 10.1. The number of aliphatic hydroxyl groups is 1. The van der Waals surface area contributed by atoms with Crippen molar-refractivity contribution in [2.45, 2.75) is 84.2 Å². The van der Waals surface area contributed by atoms with E-state index in [0.29, 0.717) is 6.54 Å². The Hall–Kier alpha value is -1.63. The van der Waals surface area contributed by atoms with Crippen LogP contribution in [0.15, 0.2) is 4.99 Å². The standard InChI is InChI=1S/C20H36N6O/c1-2-21-19(23-16-20(12-14-27)10-6-4-7-11-20)22-15-18-25-24-17-9-5-3-8-13-26(17)18/h27H,2-16H2,1H3,(H2,21,22,23). The average Bonchev–Trinajstić information content (AvgIpc) is 2.91. The third-order valence-electron chi connectivity index (χ3n) is 6.10. The number of aliphatic hydroxyl groups excluding tert-OH is 1. The zero-order chi connectivity index (χ0) is 19.0. The van der Waals surface area contributed by atoms with E-state index in [0.717, 1.165) is 50.1 Å². The molecule has 7 nitrogen and oxygen atoms in total. The molecule has 0 atom stereocenters. The lowest BCUT2D eigenvalue weighted by atomic mass is 9.72. The molecule has 2 aliphatic rings. The lowest BCUT2D eigenvalue weighted by molar-refractivity contribution is 0.131. The molecule has 1 saturated carbocycles. The Kier molecular flexibility index (Phi) is 7.50. The highest BCUT2D eigenvalue weighted by Crippen LogP contribution is 2.38. The molecule has 3 rings (SSSR count). The van der Waals surface area contributed by atoms with Gasteiger partial charge in [0.25, 0.3) is 0 Å². The van der Waals surface area contributed by atoms with Gasteiger partial charge in [-0.2, -0.15) is 0 Å². The summed E-state index contributed by atoms with van der Waals surface area (Å²) in [5, 5.41) is 25.2. The lowest BCUT2D eigenvalue weighted by Crippen LogP contribution is -2.45. The Labute approximate surface area is 163 Å². The zero-order valence-electron chi connectivity index (χ0n) is 16.8. The van der Waals surface area contributed by atoms with Crippen LogP contribution in [0.4, 0.5) is 0 Å². The Bertz CT molecular complexity index is 600. The summed E-state index contributed by atoms with van der Waals surface area (Å²) in [7, 11) is 0. The van der Waals surface area contributed by atoms with Crippen LogP contribution in [0.2, 0.25) is 0 Å². The molecule has 0 radical (unpaired) electrons. The molecule has 1 aliphatic heterocycles. The van der Waals surface area contributed by atoms with Crippen LogP contribution >= 0.6 is 0 Å². The van der Waals surface area contributed by atoms with Crippen molar-refractivity contribution < 1.29 is 5.11 Å². The molecule has 0 unspecified atom stereocenters. The van der Waals surface area contributed by atoms with Crippen molar-refractivity contribution in [3.63, 3.8) is 0 Å². The van der Waals surface area contributed by atoms with Crippen molar-refractivity contribution in [2.75, 3.05) is 19.7 Å². The smallest absolute Gasteiger partial charge is 0.191 e. The van der Waals surface area contributed by atoms with Crippen LogP contribution in [0.3, 0.4) is 0 Å². The van der Waals surface area contributed by atoms with Gasteiger partial charge < -0.3 is 20.3 Å². The number of hydrogen-bond acceptors (Lipinski definition) is 4. The molecule has 0 aromatic carbocycles. The van der Waals surface area contributed by atoms with Gasteiger partial charge in [-0.3, -0.25) is 0 Å². The predicted molar refractivity (Wildman–Crippen MR) is 108 cm³/mol. The molecule has 3 N–H and O–H groups in total. The number of hydrogen-bond donors (Lipinski definition) is 3. The minimum Gasteiger partial charge on any atom is -0.396 e. The number of aromatic nitrogens is 3. The summed E-state index contributed by atoms with van der Waals surface area (Å²) >= 11 is 0. The minimum atomic E-state index is 0.204. The van der Waals surface area contributed by atoms with Crippen molar-refractivity contribution in [3.8, 4) is 0 Å². The van der Waals surface area contributed by atoms with Crippen LogP contribution in [0.5, 0.6) is 0 Å². The SMILES string of the molecule is CCNC(=NCc1nnc2n1CCCCC2)NCC1(CCO)CCCCC1. The van der Waals surface area contributed by atoms with Crippen molar-refractivity contribution in [1.29, 1.82) is 0 Å². The Morgan fingerprint density at radius 2 is 1.93 bits per heavy atom. The molecule has 0 saturated heterocycles. The number of aliphatic imine (C=N–C) groups is 1. The van der Waals surface area contributed by atoms with Crippen LogP contribution in [0.25, 0.3) is 0 Å². The number of guanidine groups is 1. The van der Waals surface area contributed by atoms with Crippen LogP contribution in [-0.2, 0) is 19.5 Å². The fraction of sp³-hybridized carbons (Fsp3) is 0.850. The van der Waals surface area contributed by atoms with Gasteiger partial charge in [-0.25, -0.2) is 4.99 Å². The quantitative estimate of drug-likeness (QED) is 0.502. The van der Waals surface area contributed by atoms with E-state index in [1.807, 2.05) is 0 Å². The fourth-order valence-electron chi connectivity index (χ4n) is 4.48. The number of nitrogens with zero attached hydrogens (tertiary/aromatic N) is 4. The maximum Gasteiger partial charge on any atom is 0.191 e. The first-order valence-electron chi connectivity index (χ1n) is 10.8. The van der Waals surface area contributed by atoms with E-state index in [-0.39, 0.29) is 12.0 Å². The monoisotopic (exact) mass is 376 g/mol. The van der Waals surface area contributed by atoms with Crippen LogP contribution in [0, 0.1) is 5.41 Å². The molecule has 27 heavy (non-hydrogen) atoms. The maximum absolute atomic E-state index is 9.52. The summed E-state index contributed by atoms with van der Waals surface area (Å²) in [4.78, 5) is 4.78. The van der Waals surface area contributed by atoms with Gasteiger partial charge in [0.05, 0.1) is 0 Å². The van der Waals surface area contributed by atoms with Gasteiger partial charge in [-0.05, 0) is 44.4 Å². The van der Waals surface area contributed by atoms with E-state index in [1.54, 1.807) is 0 Å². The van der Waals surface area contributed by atoms with E-state index in [1.165, 1.54) is 51.4 Å². The Morgan fingerprint density at radius 1 is 1.11 bits per heavy atom. The summed E-state index contributed by atoms with van der Waals surface area (Å²) in [6.45, 7) is 5.62. The summed E-state index contributed by atoms with van der Waals surface area (Å²) in [5.41, 5.74) is 0.204. The van der Waals surface area contributed by atoms with Gasteiger partial charge in [-0.1, -0.05) is 25.7 Å². The van der Waals surface area contributed by atoms with Crippen molar-refractivity contribution in [1.82, 2.24) is 25.4 Å². The van der Waals surface area contributed by atoms with E-state index in [4.69, 9.17) is 4.99 Å². The minimum absolute atomic E-state index is 0.204. The van der Waals surface area contributed by atoms with E-state index in [2.05, 4.69) is 32.3 Å². The molecular weight excluding hydrogens is 340 g/mol. The van der Waals surface area contributed by atoms with Gasteiger partial charge in [-0.15, -0.1) is 10.2 Å². The van der Waals surface area contributed by atoms with Crippen LogP contribution in [-0.4, -0.2) is 45.5 Å². The second-order valence-electron chi connectivity index (χ2n) is 8.08. The third-order valence-corrected chi connectivity index (χ3v) is 6.10. The third kappa shape index (κ3) is 5.43. The molecule has 1 aliphatic carbocycles. The molecule has 1 aromatic rings. The van der Waals surface area contributed by atoms with Gasteiger partial charge in [0.1, 0.15) is 12.4 Å². The topological polar surface area (TPSA) is 87.4 Å². The van der Waals surface area contributed by atoms with Crippen LogP contribution in [0.1, 0.15) is 76.4 Å². The molecule has 152 valence electrons. The Balaban J connectivity index is 1.63. The molecular formula is C20H36N6O. The molecule has 0 spiro atoms. The van der Waals surface area contributed by atoms with Crippen molar-refractivity contribution in [2.24, 2.45) is 10.4 Å². The normalized spacial score (nSPS) is 20.0. The fourth-order valence-corrected chi connectivity index (χ4v) is 4.48. The largest absolute Gasteiger partial charge is 0.396 e. The molecule has 0 bridgehead atoms. The summed E-state index contributed by atoms with van der Waals surface area (Å²) in [5.74, 6) is 2.91. The summed E-state index contributed by atoms with van der Waals surface area (Å²) < 4.78 is 2.26. The highest BCUT2D eigenvalue weighted by molar-refractivity contribution is 5.79. The molecule has 7 heteroatoms. The van der Waals surface area contributed by atoms with E-state index >= 15 is 0 Å². The van der Waals surface area contributed by atoms with Gasteiger partial charge in [0.15, 0.2) is 11.8 Å². The Morgan fingerprint density at radius 3 is 2.70 bits per heavy atom. The molecule has 0 amide bonds. The lowest BCUT2D eigenvalue weighted by Gasteiger charge is -2.37. The van der Waals surface area contributed by atoms with Crippen LogP contribution < -0.4 is 10.6 Å². The summed E-state index contributed by atoms with van der Waals surface area (Å²) in [6, 6.07) is 0. The van der Waals surface area contributed by atoms with Gasteiger partial charge >= 0.3 is 0 Å². The first kappa shape index (κ1) is 20.1. The number of rotatable bonds is 7. The first-order chi connectivity index (χ1) is 13.3. The maximum atomic E-state index is 9.52. The van der Waals surface area contributed by atoms with Gasteiger partial charge in [0, 0.05) is 32.7 Å². The second-order valence-corrected chi connectivity index (χ2v) is 8.08. The summed E-state index contributed by atoms with van der Waals surface area (Å²) in [6.07, 6.45) is 11.8. The predicted octanol–water partition coefficient (Wildman–Crippen LogP) is 2.39. The highest BCUT2D eigenvalue weighted by Gasteiger charge is 2.31. The first-order valence-corrected chi connectivity index (χ1v) is 10.8. The number of fused-ring (bicyclic) bond motifs is 1. The molecule has 2 heterocycles. The van der Waals surface area contributed by atoms with Crippen molar-refractivity contribution in [3.05, 3.63) is 11.6 Å². The van der Waals surface area contributed by atoms with E-state index < -0.39 is 0 Å². The zero-order valence-corrected chi connectivity index (χ0v) is 16.8.